The fourth-order valence-electron chi connectivity index (χ4n) is 2.92. The number of nitrogens with zero attached hydrogens (tertiary/aromatic N) is 3. The van der Waals surface area contributed by atoms with E-state index >= 15 is 0 Å². The number of fused-ring (bicyclic) bond motifs is 1. The van der Waals surface area contributed by atoms with Crippen molar-refractivity contribution in [2.75, 3.05) is 48.0 Å². The van der Waals surface area contributed by atoms with Crippen LogP contribution in [-0.2, 0) is 6.54 Å². The predicted octanol–water partition coefficient (Wildman–Crippen LogP) is 2.80. The number of rotatable bonds is 4. The van der Waals surface area contributed by atoms with Gasteiger partial charge in [0.05, 0.1) is 13.2 Å². The van der Waals surface area contributed by atoms with Crippen LogP contribution < -0.4 is 19.7 Å². The average molecular weight is 358 g/mol. The molecule has 1 N–H and O–H groups in total. The third-order valence-corrected chi connectivity index (χ3v) is 5.22. The molecule has 0 radical (unpaired) electrons. The van der Waals surface area contributed by atoms with Gasteiger partial charge in [0.15, 0.2) is 11.5 Å². The van der Waals surface area contributed by atoms with Crippen LogP contribution in [0.4, 0.5) is 11.6 Å². The molecule has 4 rings (SSSR count). The molecule has 0 atom stereocenters. The van der Waals surface area contributed by atoms with E-state index in [9.17, 15) is 0 Å². The molecule has 0 bridgehead atoms. The zero-order valence-electron chi connectivity index (χ0n) is 14.1. The molecular formula is C18H22N4O2S. The maximum atomic E-state index is 5.75. The van der Waals surface area contributed by atoms with Crippen LogP contribution in [0.25, 0.3) is 0 Å². The quantitative estimate of drug-likeness (QED) is 0.902. The molecule has 0 aliphatic carbocycles. The number of hydrogen-bond donors (Lipinski definition) is 1. The Morgan fingerprint density at radius 1 is 1.04 bits per heavy atom. The largest absolute Gasteiger partial charge is 0.490 e. The summed E-state index contributed by atoms with van der Waals surface area (Å²) < 4.78 is 11.4. The normalized spacial score (nSPS) is 17.0. The van der Waals surface area contributed by atoms with Gasteiger partial charge in [0, 0.05) is 43.6 Å². The SMILES string of the molecule is c1nc(NCc2ccc3c(c2)OCCCO3)cc(N2CCSCC2)n1. The first-order valence-electron chi connectivity index (χ1n) is 8.66. The molecule has 0 unspecified atom stereocenters. The monoisotopic (exact) mass is 358 g/mol. The number of aromatic nitrogens is 2. The molecule has 1 aromatic heterocycles. The Labute approximate surface area is 151 Å². The van der Waals surface area contributed by atoms with Gasteiger partial charge in [0.2, 0.25) is 0 Å². The molecule has 7 heteroatoms. The van der Waals surface area contributed by atoms with Gasteiger partial charge in [-0.2, -0.15) is 11.8 Å². The smallest absolute Gasteiger partial charge is 0.161 e. The van der Waals surface area contributed by atoms with Crippen molar-refractivity contribution < 1.29 is 9.47 Å². The summed E-state index contributed by atoms with van der Waals surface area (Å²) in [5.74, 6) is 5.81. The molecule has 25 heavy (non-hydrogen) atoms. The van der Waals surface area contributed by atoms with Gasteiger partial charge < -0.3 is 19.7 Å². The van der Waals surface area contributed by atoms with Crippen molar-refractivity contribution in [3.05, 3.63) is 36.2 Å². The Balaban J connectivity index is 1.42. The van der Waals surface area contributed by atoms with Crippen LogP contribution in [0.15, 0.2) is 30.6 Å². The first-order valence-corrected chi connectivity index (χ1v) is 9.81. The lowest BCUT2D eigenvalue weighted by Crippen LogP contribution is -2.33. The molecule has 0 saturated carbocycles. The highest BCUT2D eigenvalue weighted by Gasteiger charge is 2.13. The van der Waals surface area contributed by atoms with Gasteiger partial charge in [-0.3, -0.25) is 0 Å². The van der Waals surface area contributed by atoms with Crippen molar-refractivity contribution in [2.24, 2.45) is 0 Å². The molecule has 3 heterocycles. The second kappa shape index (κ2) is 7.82. The lowest BCUT2D eigenvalue weighted by atomic mass is 10.2. The lowest BCUT2D eigenvalue weighted by molar-refractivity contribution is 0.297. The Kier molecular flexibility index (Phi) is 5.11. The van der Waals surface area contributed by atoms with E-state index in [1.165, 1.54) is 0 Å². The molecule has 1 fully saturated rings. The van der Waals surface area contributed by atoms with Gasteiger partial charge >= 0.3 is 0 Å². The number of anilines is 2. The summed E-state index contributed by atoms with van der Waals surface area (Å²) in [4.78, 5) is 11.1. The van der Waals surface area contributed by atoms with Gasteiger partial charge in [0.25, 0.3) is 0 Å². The Morgan fingerprint density at radius 3 is 2.76 bits per heavy atom. The first kappa shape index (κ1) is 16.3. The third kappa shape index (κ3) is 4.10. The van der Waals surface area contributed by atoms with Crippen LogP contribution in [0.3, 0.4) is 0 Å². The fourth-order valence-corrected chi connectivity index (χ4v) is 3.82. The molecule has 0 amide bonds. The van der Waals surface area contributed by atoms with Crippen LogP contribution in [-0.4, -0.2) is 47.8 Å². The van der Waals surface area contributed by atoms with E-state index in [1.807, 2.05) is 30.0 Å². The maximum Gasteiger partial charge on any atom is 0.161 e. The van der Waals surface area contributed by atoms with Gasteiger partial charge in [-0.1, -0.05) is 6.07 Å². The second-order valence-electron chi connectivity index (χ2n) is 6.05. The topological polar surface area (TPSA) is 59.5 Å². The van der Waals surface area contributed by atoms with E-state index in [0.717, 1.165) is 59.7 Å². The molecule has 132 valence electrons. The van der Waals surface area contributed by atoms with Crippen molar-refractivity contribution in [3.8, 4) is 11.5 Å². The van der Waals surface area contributed by atoms with Gasteiger partial charge in [-0.25, -0.2) is 9.97 Å². The Hall–Kier alpha value is -2.15. The Morgan fingerprint density at radius 2 is 1.88 bits per heavy atom. The highest BCUT2D eigenvalue weighted by molar-refractivity contribution is 7.99. The number of benzene rings is 1. The van der Waals surface area contributed by atoms with E-state index in [2.05, 4.69) is 26.3 Å². The molecule has 0 spiro atoms. The molecule has 1 saturated heterocycles. The second-order valence-corrected chi connectivity index (χ2v) is 7.27. The summed E-state index contributed by atoms with van der Waals surface area (Å²) in [7, 11) is 0. The molecular weight excluding hydrogens is 336 g/mol. The number of nitrogens with one attached hydrogen (secondary N) is 1. The molecule has 2 aliphatic heterocycles. The molecule has 6 nitrogen and oxygen atoms in total. The minimum atomic E-state index is 0.683. The van der Waals surface area contributed by atoms with Gasteiger partial charge in [-0.05, 0) is 17.7 Å². The molecule has 1 aromatic carbocycles. The predicted molar refractivity (Wildman–Crippen MR) is 101 cm³/mol. The number of thioether (sulfide) groups is 1. The zero-order chi connectivity index (χ0) is 16.9. The van der Waals surface area contributed by atoms with Crippen molar-refractivity contribution in [3.63, 3.8) is 0 Å². The third-order valence-electron chi connectivity index (χ3n) is 4.27. The average Bonchev–Trinajstić information content (AvgIpc) is 2.92. The lowest BCUT2D eigenvalue weighted by Gasteiger charge is -2.27. The van der Waals surface area contributed by atoms with E-state index in [0.29, 0.717) is 19.8 Å². The summed E-state index contributed by atoms with van der Waals surface area (Å²) in [6.45, 7) is 4.19. The number of ether oxygens (including phenoxy) is 2. The van der Waals surface area contributed by atoms with E-state index < -0.39 is 0 Å². The molecule has 2 aliphatic rings. The number of hydrogen-bond acceptors (Lipinski definition) is 7. The standard InChI is InChI=1S/C18H22N4O2S/c1-6-23-15-3-2-14(10-16(15)24-7-1)12-19-17-11-18(21-13-20-17)22-4-8-25-9-5-22/h2-3,10-11,13H,1,4-9,12H2,(H,19,20,21). The fraction of sp³-hybridized carbons (Fsp3) is 0.444. The van der Waals surface area contributed by atoms with Crippen molar-refractivity contribution in [2.45, 2.75) is 13.0 Å². The van der Waals surface area contributed by atoms with E-state index in [1.54, 1.807) is 6.33 Å². The summed E-state index contributed by atoms with van der Waals surface area (Å²) in [6.07, 6.45) is 2.55. The zero-order valence-corrected chi connectivity index (χ0v) is 14.9. The molecule has 2 aromatic rings. The van der Waals surface area contributed by atoms with Crippen molar-refractivity contribution in [1.82, 2.24) is 9.97 Å². The minimum Gasteiger partial charge on any atom is -0.490 e. The van der Waals surface area contributed by atoms with Crippen LogP contribution in [0.1, 0.15) is 12.0 Å². The minimum absolute atomic E-state index is 0.683. The van der Waals surface area contributed by atoms with Crippen molar-refractivity contribution >= 4 is 23.4 Å². The summed E-state index contributed by atoms with van der Waals surface area (Å²) >= 11 is 1.99. The Bertz CT molecular complexity index is 722. The van der Waals surface area contributed by atoms with Crippen LogP contribution in [0, 0.1) is 0 Å². The van der Waals surface area contributed by atoms with Crippen LogP contribution in [0.2, 0.25) is 0 Å². The first-order chi connectivity index (χ1) is 12.4. The summed E-state index contributed by atoms with van der Waals surface area (Å²) in [5.41, 5.74) is 1.14. The van der Waals surface area contributed by atoms with Gasteiger partial charge in [-0.15, -0.1) is 0 Å². The van der Waals surface area contributed by atoms with Crippen LogP contribution >= 0.6 is 11.8 Å². The maximum absolute atomic E-state index is 5.75. The van der Waals surface area contributed by atoms with E-state index in [-0.39, 0.29) is 0 Å². The van der Waals surface area contributed by atoms with E-state index in [4.69, 9.17) is 9.47 Å². The highest BCUT2D eigenvalue weighted by atomic mass is 32.2. The van der Waals surface area contributed by atoms with Crippen molar-refractivity contribution in [1.29, 1.82) is 0 Å². The summed E-state index contributed by atoms with van der Waals surface area (Å²) in [6, 6.07) is 8.11. The van der Waals surface area contributed by atoms with Crippen LogP contribution in [0.5, 0.6) is 11.5 Å². The van der Waals surface area contributed by atoms with Gasteiger partial charge in [0.1, 0.15) is 18.0 Å². The highest BCUT2D eigenvalue weighted by Crippen LogP contribution is 2.30. The summed E-state index contributed by atoms with van der Waals surface area (Å²) in [5, 5.41) is 3.38.